The zero-order chi connectivity index (χ0) is 14.8. The number of aromatic nitrogens is 1. The summed E-state index contributed by atoms with van der Waals surface area (Å²) in [5.74, 6) is 0.356. The highest BCUT2D eigenvalue weighted by atomic mass is 35.5. The van der Waals surface area contributed by atoms with Crippen LogP contribution in [-0.4, -0.2) is 30.3 Å². The number of nitrogens with two attached hydrogens (primary N) is 1. The fourth-order valence-corrected chi connectivity index (χ4v) is 3.66. The van der Waals surface area contributed by atoms with E-state index in [0.717, 1.165) is 0 Å². The van der Waals surface area contributed by atoms with Crippen molar-refractivity contribution >= 4 is 27.4 Å². The average Bonchev–Trinajstić information content (AvgIpc) is 2.28. The molecule has 0 aromatic carbocycles. The summed E-state index contributed by atoms with van der Waals surface area (Å²) < 4.78 is 26.6. The molecule has 0 radical (unpaired) electrons. The number of pyridine rings is 1. The van der Waals surface area contributed by atoms with Gasteiger partial charge in [-0.25, -0.2) is 13.4 Å². The van der Waals surface area contributed by atoms with Crippen LogP contribution in [0.15, 0.2) is 17.2 Å². The third-order valence-electron chi connectivity index (χ3n) is 2.57. The molecule has 0 unspecified atom stereocenters. The minimum Gasteiger partial charge on any atom is -0.382 e. The van der Waals surface area contributed by atoms with Gasteiger partial charge in [-0.2, -0.15) is 4.31 Å². The largest absolute Gasteiger partial charge is 0.382 e. The van der Waals surface area contributed by atoms with Gasteiger partial charge in [-0.1, -0.05) is 25.4 Å². The Hall–Kier alpha value is -0.850. The summed E-state index contributed by atoms with van der Waals surface area (Å²) in [6.45, 7) is 8.07. The predicted molar refractivity (Wildman–Crippen MR) is 77.5 cm³/mol. The fourth-order valence-electron chi connectivity index (χ4n) is 1.65. The maximum atomic E-state index is 12.6. The van der Waals surface area contributed by atoms with Gasteiger partial charge in [0.1, 0.15) is 10.7 Å². The Morgan fingerprint density at radius 2 is 1.95 bits per heavy atom. The standard InChI is InChI=1S/C12H20ClN3O2S/c1-8(2)7-16(9(3)4)19(17,18)10-5-11(13)12(14)15-6-10/h5-6,8-9H,7H2,1-4H3,(H2,14,15). The van der Waals surface area contributed by atoms with Crippen LogP contribution in [0.2, 0.25) is 5.02 Å². The van der Waals surface area contributed by atoms with Crippen molar-refractivity contribution < 1.29 is 8.42 Å². The number of anilines is 1. The molecule has 5 nitrogen and oxygen atoms in total. The van der Waals surface area contributed by atoms with Crippen molar-refractivity contribution in [2.24, 2.45) is 5.92 Å². The Morgan fingerprint density at radius 1 is 1.37 bits per heavy atom. The summed E-state index contributed by atoms with van der Waals surface area (Å²) in [6, 6.07) is 1.21. The van der Waals surface area contributed by atoms with Crippen LogP contribution in [-0.2, 0) is 10.0 Å². The average molecular weight is 306 g/mol. The van der Waals surface area contributed by atoms with Crippen LogP contribution in [0, 0.1) is 5.92 Å². The van der Waals surface area contributed by atoms with Crippen LogP contribution in [0.25, 0.3) is 0 Å². The van der Waals surface area contributed by atoms with Gasteiger partial charge in [0.25, 0.3) is 0 Å². The zero-order valence-corrected chi connectivity index (χ0v) is 13.2. The number of sulfonamides is 1. The number of halogens is 1. The minimum absolute atomic E-state index is 0.0704. The molecule has 108 valence electrons. The van der Waals surface area contributed by atoms with E-state index in [4.69, 9.17) is 17.3 Å². The number of hydrogen-bond donors (Lipinski definition) is 1. The van der Waals surface area contributed by atoms with E-state index in [9.17, 15) is 8.42 Å². The first-order valence-corrected chi connectivity index (χ1v) is 7.91. The van der Waals surface area contributed by atoms with Gasteiger partial charge in [0.15, 0.2) is 0 Å². The lowest BCUT2D eigenvalue weighted by atomic mass is 10.2. The highest BCUT2D eigenvalue weighted by Crippen LogP contribution is 2.24. The van der Waals surface area contributed by atoms with E-state index in [-0.39, 0.29) is 27.7 Å². The smallest absolute Gasteiger partial charge is 0.244 e. The first kappa shape index (κ1) is 16.2. The third-order valence-corrected chi connectivity index (χ3v) is 4.88. The molecule has 1 rings (SSSR count). The highest BCUT2D eigenvalue weighted by molar-refractivity contribution is 7.89. The molecule has 0 aliphatic heterocycles. The van der Waals surface area contributed by atoms with Crippen molar-refractivity contribution in [2.75, 3.05) is 12.3 Å². The molecule has 0 aliphatic carbocycles. The fraction of sp³-hybridized carbons (Fsp3) is 0.583. The number of nitrogen functional groups attached to an aromatic ring is 1. The first-order chi connectivity index (χ1) is 8.66. The second-order valence-corrected chi connectivity index (χ2v) is 7.40. The summed E-state index contributed by atoms with van der Waals surface area (Å²) in [7, 11) is -3.60. The molecule has 1 aromatic heterocycles. The van der Waals surface area contributed by atoms with Crippen molar-refractivity contribution in [3.05, 3.63) is 17.3 Å². The van der Waals surface area contributed by atoms with Crippen molar-refractivity contribution in [1.82, 2.24) is 9.29 Å². The van der Waals surface area contributed by atoms with Gasteiger partial charge in [-0.05, 0) is 25.8 Å². The van der Waals surface area contributed by atoms with Gasteiger partial charge < -0.3 is 5.73 Å². The molecule has 0 amide bonds. The van der Waals surface area contributed by atoms with E-state index in [1.807, 2.05) is 27.7 Å². The van der Waals surface area contributed by atoms with Crippen molar-refractivity contribution in [2.45, 2.75) is 38.6 Å². The Balaban J connectivity index is 3.22. The van der Waals surface area contributed by atoms with Gasteiger partial charge >= 0.3 is 0 Å². The molecule has 0 aliphatic rings. The number of hydrogen-bond acceptors (Lipinski definition) is 4. The Labute approximate surface area is 119 Å². The van der Waals surface area contributed by atoms with Gasteiger partial charge in [-0.3, -0.25) is 0 Å². The molecule has 0 spiro atoms. The monoisotopic (exact) mass is 305 g/mol. The molecule has 2 N–H and O–H groups in total. The van der Waals surface area contributed by atoms with Gasteiger partial charge in [0, 0.05) is 18.8 Å². The van der Waals surface area contributed by atoms with Crippen LogP contribution in [0.1, 0.15) is 27.7 Å². The lowest BCUT2D eigenvalue weighted by Crippen LogP contribution is -2.39. The van der Waals surface area contributed by atoms with E-state index in [2.05, 4.69) is 4.98 Å². The van der Waals surface area contributed by atoms with E-state index in [0.29, 0.717) is 6.54 Å². The van der Waals surface area contributed by atoms with Crippen molar-refractivity contribution in [3.8, 4) is 0 Å². The second-order valence-electron chi connectivity index (χ2n) is 5.10. The third kappa shape index (κ3) is 3.81. The SMILES string of the molecule is CC(C)CN(C(C)C)S(=O)(=O)c1cnc(N)c(Cl)c1. The second kappa shape index (κ2) is 6.07. The molecule has 0 fully saturated rings. The normalized spacial score (nSPS) is 12.6. The molecule has 1 aromatic rings. The summed E-state index contributed by atoms with van der Waals surface area (Å²) in [4.78, 5) is 3.88. The summed E-state index contributed by atoms with van der Waals surface area (Å²) in [5.41, 5.74) is 5.50. The highest BCUT2D eigenvalue weighted by Gasteiger charge is 2.28. The van der Waals surface area contributed by atoms with Gasteiger partial charge in [-0.15, -0.1) is 0 Å². The van der Waals surface area contributed by atoms with Crippen LogP contribution < -0.4 is 5.73 Å². The summed E-state index contributed by atoms with van der Waals surface area (Å²) in [6.07, 6.45) is 1.24. The maximum absolute atomic E-state index is 12.6. The minimum atomic E-state index is -3.60. The lowest BCUT2D eigenvalue weighted by Gasteiger charge is -2.27. The molecular weight excluding hydrogens is 286 g/mol. The quantitative estimate of drug-likeness (QED) is 0.906. The first-order valence-electron chi connectivity index (χ1n) is 6.09. The Kier molecular flexibility index (Phi) is 5.18. The lowest BCUT2D eigenvalue weighted by molar-refractivity contribution is 0.319. The summed E-state index contributed by atoms with van der Waals surface area (Å²) in [5, 5.41) is 0.148. The molecule has 0 saturated carbocycles. The van der Waals surface area contributed by atoms with E-state index < -0.39 is 10.0 Å². The number of nitrogens with zero attached hydrogens (tertiary/aromatic N) is 2. The maximum Gasteiger partial charge on any atom is 0.244 e. The number of rotatable bonds is 5. The molecular formula is C12H20ClN3O2S. The zero-order valence-electron chi connectivity index (χ0n) is 11.6. The Morgan fingerprint density at radius 3 is 2.37 bits per heavy atom. The van der Waals surface area contributed by atoms with Crippen LogP contribution >= 0.6 is 11.6 Å². The summed E-state index contributed by atoms with van der Waals surface area (Å²) >= 11 is 5.84. The molecule has 19 heavy (non-hydrogen) atoms. The van der Waals surface area contributed by atoms with Gasteiger partial charge in [0.2, 0.25) is 10.0 Å². The predicted octanol–water partition coefficient (Wildman–Crippen LogP) is 2.37. The Bertz CT molecular complexity index is 544. The van der Waals surface area contributed by atoms with Crippen LogP contribution in [0.3, 0.4) is 0 Å². The van der Waals surface area contributed by atoms with E-state index in [1.54, 1.807) is 0 Å². The van der Waals surface area contributed by atoms with Crippen molar-refractivity contribution in [1.29, 1.82) is 0 Å². The van der Waals surface area contributed by atoms with E-state index in [1.165, 1.54) is 16.6 Å². The van der Waals surface area contributed by atoms with E-state index >= 15 is 0 Å². The molecule has 1 heterocycles. The topological polar surface area (TPSA) is 76.3 Å². The molecule has 0 bridgehead atoms. The van der Waals surface area contributed by atoms with Gasteiger partial charge in [0.05, 0.1) is 5.02 Å². The molecule has 0 saturated heterocycles. The molecule has 0 atom stereocenters. The van der Waals surface area contributed by atoms with Crippen LogP contribution in [0.4, 0.5) is 5.82 Å². The molecule has 7 heteroatoms. The van der Waals surface area contributed by atoms with Crippen LogP contribution in [0.5, 0.6) is 0 Å². The van der Waals surface area contributed by atoms with Crippen molar-refractivity contribution in [3.63, 3.8) is 0 Å².